The lowest BCUT2D eigenvalue weighted by atomic mass is 9.68. The van der Waals surface area contributed by atoms with Gasteiger partial charge < -0.3 is 5.32 Å². The summed E-state index contributed by atoms with van der Waals surface area (Å²) in [6, 6.07) is 0. The Morgan fingerprint density at radius 2 is 1.00 bits per heavy atom. The first-order chi connectivity index (χ1) is 11.4. The van der Waals surface area contributed by atoms with Gasteiger partial charge in [0.2, 0.25) is 0 Å². The van der Waals surface area contributed by atoms with Crippen molar-refractivity contribution < 1.29 is 0 Å². The Balaban J connectivity index is 2.17. The van der Waals surface area contributed by atoms with Crippen molar-refractivity contribution in [3.8, 4) is 0 Å². The molecule has 2 aliphatic rings. The summed E-state index contributed by atoms with van der Waals surface area (Å²) in [7, 11) is 0. The second kappa shape index (κ2) is 6.52. The second-order valence-corrected chi connectivity index (χ2v) is 9.82. The van der Waals surface area contributed by atoms with E-state index in [9.17, 15) is 0 Å². The highest BCUT2D eigenvalue weighted by atomic mass is 14.9. The van der Waals surface area contributed by atoms with E-state index in [-0.39, 0.29) is 21.7 Å². The zero-order valence-corrected chi connectivity index (χ0v) is 17.3. The van der Waals surface area contributed by atoms with Crippen LogP contribution in [-0.4, -0.2) is 0 Å². The van der Waals surface area contributed by atoms with Crippen molar-refractivity contribution in [2.24, 2.45) is 21.7 Å². The standard InChI is InChI=1S/C24H35N/c1-21(2,3)23(7)15-9-11-19(13-17-23)25-20-12-10-16-24(8,18-14-20)22(4,5)6/h9-18,25H,1-8H3. The topological polar surface area (TPSA) is 12.0 Å². The lowest BCUT2D eigenvalue weighted by molar-refractivity contribution is 0.228. The second-order valence-electron chi connectivity index (χ2n) is 9.82. The molecule has 0 fully saturated rings. The molecule has 2 atom stereocenters. The van der Waals surface area contributed by atoms with E-state index < -0.39 is 0 Å². The average Bonchev–Trinajstić information content (AvgIpc) is 2.77. The van der Waals surface area contributed by atoms with Gasteiger partial charge in [0.15, 0.2) is 0 Å². The van der Waals surface area contributed by atoms with E-state index in [0.717, 1.165) is 11.4 Å². The number of hydrogen-bond acceptors (Lipinski definition) is 1. The molecule has 2 aliphatic carbocycles. The Bertz CT molecular complexity index is 623. The molecule has 0 aromatic carbocycles. The average molecular weight is 338 g/mol. The van der Waals surface area contributed by atoms with Crippen LogP contribution in [0.3, 0.4) is 0 Å². The van der Waals surface area contributed by atoms with Crippen LogP contribution in [0.2, 0.25) is 0 Å². The van der Waals surface area contributed by atoms with Crippen molar-refractivity contribution in [3.63, 3.8) is 0 Å². The molecule has 1 heteroatoms. The summed E-state index contributed by atoms with van der Waals surface area (Å²) in [5.41, 5.74) is 2.70. The normalized spacial score (nSPS) is 29.8. The highest BCUT2D eigenvalue weighted by Gasteiger charge is 2.34. The summed E-state index contributed by atoms with van der Waals surface area (Å²) < 4.78 is 0. The van der Waals surface area contributed by atoms with Gasteiger partial charge in [-0.15, -0.1) is 0 Å². The lowest BCUT2D eigenvalue weighted by Gasteiger charge is -2.37. The molecule has 0 amide bonds. The van der Waals surface area contributed by atoms with E-state index in [2.05, 4.69) is 121 Å². The molecule has 0 saturated heterocycles. The fourth-order valence-electron chi connectivity index (χ4n) is 2.78. The van der Waals surface area contributed by atoms with Crippen LogP contribution in [0.25, 0.3) is 0 Å². The molecular formula is C24H35N. The van der Waals surface area contributed by atoms with Gasteiger partial charge in [-0.2, -0.15) is 0 Å². The molecule has 0 aromatic heterocycles. The van der Waals surface area contributed by atoms with Crippen molar-refractivity contribution in [3.05, 3.63) is 72.2 Å². The van der Waals surface area contributed by atoms with E-state index in [1.807, 2.05) is 0 Å². The minimum Gasteiger partial charge on any atom is -0.356 e. The van der Waals surface area contributed by atoms with Crippen LogP contribution < -0.4 is 5.32 Å². The van der Waals surface area contributed by atoms with Crippen LogP contribution in [0.5, 0.6) is 0 Å². The smallest absolute Gasteiger partial charge is 0.0381 e. The Morgan fingerprint density at radius 1 is 0.640 bits per heavy atom. The SMILES string of the molecule is CC(C)(C)C1(C)C=CC=C(NC2=CC=CC(C)(C(C)(C)C)C=C2)C=C1. The van der Waals surface area contributed by atoms with Gasteiger partial charge in [0.1, 0.15) is 0 Å². The van der Waals surface area contributed by atoms with Crippen LogP contribution in [0.1, 0.15) is 55.4 Å². The Morgan fingerprint density at radius 3 is 1.32 bits per heavy atom. The van der Waals surface area contributed by atoms with Crippen molar-refractivity contribution in [1.29, 1.82) is 0 Å². The van der Waals surface area contributed by atoms with E-state index in [4.69, 9.17) is 0 Å². The number of hydrogen-bond donors (Lipinski definition) is 1. The Labute approximate surface area is 155 Å². The summed E-state index contributed by atoms with van der Waals surface area (Å²) in [5, 5.41) is 3.56. The van der Waals surface area contributed by atoms with Gasteiger partial charge in [0, 0.05) is 22.2 Å². The number of nitrogens with one attached hydrogen (secondary N) is 1. The number of allylic oxidation sites excluding steroid dienone is 10. The highest BCUT2D eigenvalue weighted by Crippen LogP contribution is 2.43. The molecule has 0 bridgehead atoms. The molecule has 136 valence electrons. The van der Waals surface area contributed by atoms with E-state index >= 15 is 0 Å². The predicted octanol–water partition coefficient (Wildman–Crippen LogP) is 6.70. The van der Waals surface area contributed by atoms with Gasteiger partial charge in [-0.25, -0.2) is 0 Å². The van der Waals surface area contributed by atoms with Crippen LogP contribution in [0.4, 0.5) is 0 Å². The van der Waals surface area contributed by atoms with Gasteiger partial charge in [-0.3, -0.25) is 0 Å². The van der Waals surface area contributed by atoms with Crippen LogP contribution in [0, 0.1) is 21.7 Å². The largest absolute Gasteiger partial charge is 0.356 e. The van der Waals surface area contributed by atoms with Gasteiger partial charge in [-0.05, 0) is 35.1 Å². The molecule has 1 nitrogen and oxygen atoms in total. The molecule has 2 rings (SSSR count). The number of rotatable bonds is 2. The van der Waals surface area contributed by atoms with Gasteiger partial charge in [-0.1, -0.05) is 91.8 Å². The molecule has 0 radical (unpaired) electrons. The summed E-state index contributed by atoms with van der Waals surface area (Å²) in [4.78, 5) is 0. The van der Waals surface area contributed by atoms with Gasteiger partial charge in [0.05, 0.1) is 0 Å². The third kappa shape index (κ3) is 4.26. The first-order valence-electron chi connectivity index (χ1n) is 9.31. The Kier molecular flexibility index (Phi) is 5.10. The molecule has 2 unspecified atom stereocenters. The van der Waals surface area contributed by atoms with Crippen molar-refractivity contribution in [1.82, 2.24) is 5.32 Å². The first-order valence-corrected chi connectivity index (χ1v) is 9.31. The fraction of sp³-hybridized carbons (Fsp3) is 0.500. The molecule has 0 spiro atoms. The maximum Gasteiger partial charge on any atom is 0.0381 e. The Hall–Kier alpha value is -1.76. The summed E-state index contributed by atoms with van der Waals surface area (Å²) >= 11 is 0. The van der Waals surface area contributed by atoms with Crippen molar-refractivity contribution in [2.75, 3.05) is 0 Å². The zero-order chi connectivity index (χ0) is 18.9. The van der Waals surface area contributed by atoms with Crippen molar-refractivity contribution in [2.45, 2.75) is 55.4 Å². The summed E-state index contributed by atoms with van der Waals surface area (Å²) in [5.74, 6) is 0. The van der Waals surface area contributed by atoms with Crippen molar-refractivity contribution >= 4 is 0 Å². The summed E-state index contributed by atoms with van der Waals surface area (Å²) in [6.07, 6.45) is 22.3. The molecular weight excluding hydrogens is 302 g/mol. The zero-order valence-electron chi connectivity index (χ0n) is 17.3. The minimum absolute atomic E-state index is 0.0469. The molecule has 0 aromatic rings. The van der Waals surface area contributed by atoms with Crippen LogP contribution in [0.15, 0.2) is 72.2 Å². The minimum atomic E-state index is 0.0469. The molecule has 25 heavy (non-hydrogen) atoms. The van der Waals surface area contributed by atoms with Crippen LogP contribution in [-0.2, 0) is 0 Å². The van der Waals surface area contributed by atoms with Crippen LogP contribution >= 0.6 is 0 Å². The lowest BCUT2D eigenvalue weighted by Crippen LogP contribution is -2.28. The highest BCUT2D eigenvalue weighted by molar-refractivity contribution is 5.38. The third-order valence-corrected chi connectivity index (χ3v) is 6.18. The quantitative estimate of drug-likeness (QED) is 0.591. The maximum atomic E-state index is 3.56. The third-order valence-electron chi connectivity index (χ3n) is 6.18. The fourth-order valence-corrected chi connectivity index (χ4v) is 2.78. The van der Waals surface area contributed by atoms with E-state index in [1.165, 1.54) is 0 Å². The molecule has 0 aliphatic heterocycles. The van der Waals surface area contributed by atoms with Gasteiger partial charge in [0.25, 0.3) is 0 Å². The monoisotopic (exact) mass is 337 g/mol. The maximum absolute atomic E-state index is 3.56. The van der Waals surface area contributed by atoms with Gasteiger partial charge >= 0.3 is 0 Å². The first kappa shape index (κ1) is 19.6. The predicted molar refractivity (Wildman–Crippen MR) is 111 cm³/mol. The summed E-state index contributed by atoms with van der Waals surface area (Å²) in [6.45, 7) is 18.3. The molecule has 1 N–H and O–H groups in total. The molecule has 0 heterocycles. The van der Waals surface area contributed by atoms with E-state index in [0.29, 0.717) is 0 Å². The van der Waals surface area contributed by atoms with E-state index in [1.54, 1.807) is 0 Å². The molecule has 0 saturated carbocycles.